The van der Waals surface area contributed by atoms with Crippen LogP contribution < -0.4 is 0 Å². The van der Waals surface area contributed by atoms with E-state index in [1.54, 1.807) is 0 Å². The molecule has 0 saturated heterocycles. The summed E-state index contributed by atoms with van der Waals surface area (Å²) in [7, 11) is 0. The summed E-state index contributed by atoms with van der Waals surface area (Å²) in [6, 6.07) is 5.93. The van der Waals surface area contributed by atoms with Crippen LogP contribution in [0.15, 0.2) is 36.4 Å². The highest BCUT2D eigenvalue weighted by molar-refractivity contribution is 5.23. The highest BCUT2D eigenvalue weighted by atomic mass is 19.1. The van der Waals surface area contributed by atoms with E-state index in [-0.39, 0.29) is 24.0 Å². The molecule has 1 N–H and O–H groups in total. The minimum atomic E-state index is -1.39. The van der Waals surface area contributed by atoms with Gasteiger partial charge in [-0.25, -0.2) is 17.6 Å². The molecule has 0 aliphatic heterocycles. The van der Waals surface area contributed by atoms with Crippen molar-refractivity contribution in [3.05, 3.63) is 70.8 Å². The van der Waals surface area contributed by atoms with Gasteiger partial charge in [0, 0.05) is 25.0 Å². The van der Waals surface area contributed by atoms with Crippen LogP contribution >= 0.6 is 0 Å². The summed E-state index contributed by atoms with van der Waals surface area (Å²) in [6.07, 6.45) is -0.0837. The molecule has 2 aromatic carbocycles. The lowest BCUT2D eigenvalue weighted by atomic mass is 9.89. The third-order valence-corrected chi connectivity index (χ3v) is 3.01. The largest absolute Gasteiger partial charge is 0.389 e. The topological polar surface area (TPSA) is 20.2 Å². The van der Waals surface area contributed by atoms with Gasteiger partial charge in [-0.05, 0) is 42.3 Å². The number of hydrogen-bond acceptors (Lipinski definition) is 1. The molecule has 0 saturated carbocycles. The van der Waals surface area contributed by atoms with Crippen molar-refractivity contribution in [1.29, 1.82) is 0 Å². The second-order valence-electron chi connectivity index (χ2n) is 5.41. The van der Waals surface area contributed by atoms with E-state index in [2.05, 4.69) is 0 Å². The fourth-order valence-electron chi connectivity index (χ4n) is 2.37. The molecule has 0 heterocycles. The van der Waals surface area contributed by atoms with Gasteiger partial charge in [-0.15, -0.1) is 0 Å². The summed E-state index contributed by atoms with van der Waals surface area (Å²) in [5, 5.41) is 10.3. The van der Waals surface area contributed by atoms with E-state index < -0.39 is 28.9 Å². The van der Waals surface area contributed by atoms with Crippen LogP contribution in [0.25, 0.3) is 0 Å². The smallest absolute Gasteiger partial charge is 0.126 e. The van der Waals surface area contributed by atoms with Gasteiger partial charge in [0.15, 0.2) is 0 Å². The van der Waals surface area contributed by atoms with Crippen molar-refractivity contribution in [2.75, 3.05) is 0 Å². The summed E-state index contributed by atoms with van der Waals surface area (Å²) in [5.74, 6) is -2.95. The molecule has 0 radical (unpaired) electrons. The van der Waals surface area contributed by atoms with Gasteiger partial charge in [-0.3, -0.25) is 0 Å². The molecule has 0 fully saturated rings. The Bertz CT molecular complexity index is 557. The first-order chi connectivity index (χ1) is 9.73. The Balaban J connectivity index is 2.17. The molecule has 2 aromatic rings. The third kappa shape index (κ3) is 4.56. The molecule has 112 valence electrons. The van der Waals surface area contributed by atoms with Crippen LogP contribution in [0.1, 0.15) is 18.1 Å². The molecule has 0 amide bonds. The highest BCUT2D eigenvalue weighted by Crippen LogP contribution is 2.21. The van der Waals surface area contributed by atoms with Crippen molar-refractivity contribution in [2.45, 2.75) is 25.4 Å². The maximum Gasteiger partial charge on any atom is 0.126 e. The van der Waals surface area contributed by atoms with Gasteiger partial charge in [0.1, 0.15) is 23.3 Å². The quantitative estimate of drug-likeness (QED) is 0.852. The first-order valence-corrected chi connectivity index (χ1v) is 6.36. The second-order valence-corrected chi connectivity index (χ2v) is 5.41. The lowest BCUT2D eigenvalue weighted by Crippen LogP contribution is -2.30. The Labute approximate surface area is 119 Å². The van der Waals surface area contributed by atoms with Gasteiger partial charge in [0.2, 0.25) is 0 Å². The van der Waals surface area contributed by atoms with Crippen molar-refractivity contribution in [2.24, 2.45) is 0 Å². The Kier molecular flexibility index (Phi) is 4.32. The van der Waals surface area contributed by atoms with Crippen molar-refractivity contribution in [3.63, 3.8) is 0 Å². The standard InChI is InChI=1S/C16H14F4O/c1-16(21,8-10-2-12(17)6-13(18)3-10)9-11-4-14(19)7-15(20)5-11/h2-7,21H,8-9H2,1H3. The van der Waals surface area contributed by atoms with Crippen LogP contribution in [-0.2, 0) is 12.8 Å². The van der Waals surface area contributed by atoms with Crippen LogP contribution in [0.4, 0.5) is 17.6 Å². The zero-order valence-electron chi connectivity index (χ0n) is 11.3. The van der Waals surface area contributed by atoms with E-state index in [0.717, 1.165) is 36.4 Å². The van der Waals surface area contributed by atoms with Gasteiger partial charge in [-0.1, -0.05) is 0 Å². The second kappa shape index (κ2) is 5.85. The van der Waals surface area contributed by atoms with Crippen LogP contribution in [0.2, 0.25) is 0 Å². The Morgan fingerprint density at radius 1 is 0.714 bits per heavy atom. The van der Waals surface area contributed by atoms with Gasteiger partial charge in [-0.2, -0.15) is 0 Å². The van der Waals surface area contributed by atoms with E-state index in [4.69, 9.17) is 0 Å². The lowest BCUT2D eigenvalue weighted by molar-refractivity contribution is 0.0606. The molecular weight excluding hydrogens is 284 g/mol. The molecule has 0 spiro atoms. The fourth-order valence-corrected chi connectivity index (χ4v) is 2.37. The van der Waals surface area contributed by atoms with E-state index in [9.17, 15) is 22.7 Å². The van der Waals surface area contributed by atoms with Crippen molar-refractivity contribution >= 4 is 0 Å². The summed E-state index contributed by atoms with van der Waals surface area (Å²) in [5.41, 5.74) is -0.843. The predicted molar refractivity (Wildman–Crippen MR) is 70.7 cm³/mol. The first kappa shape index (κ1) is 15.5. The first-order valence-electron chi connectivity index (χ1n) is 6.36. The molecule has 2 rings (SSSR count). The monoisotopic (exact) mass is 298 g/mol. The van der Waals surface area contributed by atoms with Crippen molar-refractivity contribution < 1.29 is 22.7 Å². The molecule has 1 nitrogen and oxygen atoms in total. The zero-order valence-corrected chi connectivity index (χ0v) is 11.3. The van der Waals surface area contributed by atoms with Crippen molar-refractivity contribution in [1.82, 2.24) is 0 Å². The van der Waals surface area contributed by atoms with E-state index in [1.807, 2.05) is 0 Å². The summed E-state index contributed by atoms with van der Waals surface area (Å²) >= 11 is 0. The van der Waals surface area contributed by atoms with Crippen LogP contribution in [0.5, 0.6) is 0 Å². The highest BCUT2D eigenvalue weighted by Gasteiger charge is 2.23. The molecule has 0 aromatic heterocycles. The molecule has 5 heteroatoms. The minimum Gasteiger partial charge on any atom is -0.389 e. The SMILES string of the molecule is CC(O)(Cc1cc(F)cc(F)c1)Cc1cc(F)cc(F)c1. The molecule has 0 aliphatic rings. The molecule has 0 unspecified atom stereocenters. The third-order valence-electron chi connectivity index (χ3n) is 3.01. The Hall–Kier alpha value is -1.88. The molecular formula is C16H14F4O. The van der Waals surface area contributed by atoms with E-state index in [1.165, 1.54) is 6.92 Å². The average molecular weight is 298 g/mol. The van der Waals surface area contributed by atoms with Gasteiger partial charge >= 0.3 is 0 Å². The molecule has 0 aliphatic carbocycles. The summed E-state index contributed by atoms with van der Waals surface area (Å²) in [4.78, 5) is 0. The van der Waals surface area contributed by atoms with E-state index >= 15 is 0 Å². The normalized spacial score (nSPS) is 11.7. The van der Waals surface area contributed by atoms with E-state index in [0.29, 0.717) is 0 Å². The molecule has 0 atom stereocenters. The summed E-state index contributed by atoms with van der Waals surface area (Å²) < 4.78 is 52.5. The molecule has 21 heavy (non-hydrogen) atoms. The van der Waals surface area contributed by atoms with Crippen LogP contribution in [0, 0.1) is 23.3 Å². The summed E-state index contributed by atoms with van der Waals surface area (Å²) in [6.45, 7) is 1.44. The number of halogens is 4. The maximum atomic E-state index is 13.1. The zero-order chi connectivity index (χ0) is 15.6. The fraction of sp³-hybridized carbons (Fsp3) is 0.250. The van der Waals surface area contributed by atoms with Gasteiger partial charge in [0.05, 0.1) is 5.60 Å². The van der Waals surface area contributed by atoms with Crippen molar-refractivity contribution in [3.8, 4) is 0 Å². The van der Waals surface area contributed by atoms with Crippen LogP contribution in [-0.4, -0.2) is 10.7 Å². The number of aliphatic hydroxyl groups is 1. The predicted octanol–water partition coefficient (Wildman–Crippen LogP) is 3.78. The van der Waals surface area contributed by atoms with Gasteiger partial charge in [0.25, 0.3) is 0 Å². The maximum absolute atomic E-state index is 13.1. The number of rotatable bonds is 4. The Morgan fingerprint density at radius 2 is 1.00 bits per heavy atom. The molecule has 0 bridgehead atoms. The van der Waals surface area contributed by atoms with Gasteiger partial charge < -0.3 is 5.11 Å². The lowest BCUT2D eigenvalue weighted by Gasteiger charge is -2.23. The number of benzene rings is 2. The number of hydrogen-bond donors (Lipinski definition) is 1. The Morgan fingerprint density at radius 3 is 1.29 bits per heavy atom. The van der Waals surface area contributed by atoms with Crippen LogP contribution in [0.3, 0.4) is 0 Å². The average Bonchev–Trinajstić information content (AvgIpc) is 2.23. The minimum absolute atomic E-state index is 0.0419.